The first kappa shape index (κ1) is 12.5. The van der Waals surface area contributed by atoms with Crippen LogP contribution in [0.4, 0.5) is 10.1 Å². The van der Waals surface area contributed by atoms with Crippen LogP contribution in [0.2, 0.25) is 0 Å². The minimum absolute atomic E-state index is 0.0362. The Morgan fingerprint density at radius 3 is 2.61 bits per heavy atom. The number of thiazole rings is 1. The summed E-state index contributed by atoms with van der Waals surface area (Å²) in [6, 6.07) is 5.46. The number of benzene rings is 1. The van der Waals surface area contributed by atoms with Gasteiger partial charge in [0.15, 0.2) is 0 Å². The molecule has 0 unspecified atom stereocenters. The van der Waals surface area contributed by atoms with Crippen LogP contribution in [-0.4, -0.2) is 10.5 Å². The lowest BCUT2D eigenvalue weighted by Gasteiger charge is -2.06. The predicted molar refractivity (Wildman–Crippen MR) is 68.3 cm³/mol. The minimum Gasteiger partial charge on any atom is -0.325 e. The van der Waals surface area contributed by atoms with Crippen LogP contribution in [0.3, 0.4) is 0 Å². The molecule has 2 rings (SSSR count). The summed E-state index contributed by atoms with van der Waals surface area (Å²) in [5.74, 6) is -0.678. The van der Waals surface area contributed by atoms with Crippen LogP contribution < -0.4 is 10.2 Å². The number of nitrogens with one attached hydrogen (secondary N) is 1. The number of nitrogens with zero attached hydrogens (tertiary/aromatic N) is 1. The number of rotatable bonds is 3. The molecule has 0 radical (unpaired) electrons. The molecule has 0 atom stereocenters. The summed E-state index contributed by atoms with van der Waals surface area (Å²) in [5.41, 5.74) is 1.25. The second-order valence-electron chi connectivity index (χ2n) is 3.78. The molecule has 0 spiro atoms. The molecule has 18 heavy (non-hydrogen) atoms. The second kappa shape index (κ2) is 5.14. The molecule has 6 heteroatoms. The van der Waals surface area contributed by atoms with Gasteiger partial charge in [0, 0.05) is 16.8 Å². The highest BCUT2D eigenvalue weighted by atomic mass is 32.1. The van der Waals surface area contributed by atoms with Crippen molar-refractivity contribution in [1.29, 1.82) is 0 Å². The number of halogens is 1. The summed E-state index contributed by atoms with van der Waals surface area (Å²) in [7, 11) is 0. The molecule has 0 aliphatic carbocycles. The maximum atomic E-state index is 12.7. The van der Waals surface area contributed by atoms with Crippen molar-refractivity contribution in [2.24, 2.45) is 0 Å². The summed E-state index contributed by atoms with van der Waals surface area (Å²) < 4.78 is 14.1. The maximum absolute atomic E-state index is 12.7. The summed E-state index contributed by atoms with van der Waals surface area (Å²) in [6.45, 7) is 1.73. The van der Waals surface area contributed by atoms with E-state index in [0.29, 0.717) is 5.69 Å². The molecule has 0 aliphatic heterocycles. The van der Waals surface area contributed by atoms with E-state index in [1.54, 1.807) is 12.3 Å². The third-order valence-electron chi connectivity index (χ3n) is 2.41. The molecule has 1 amide bonds. The van der Waals surface area contributed by atoms with Gasteiger partial charge in [-0.2, -0.15) is 0 Å². The van der Waals surface area contributed by atoms with Gasteiger partial charge in [0.1, 0.15) is 12.4 Å². The Morgan fingerprint density at radius 2 is 2.06 bits per heavy atom. The number of carbonyl (C=O) groups is 1. The molecular weight excluding hydrogens is 255 g/mol. The molecule has 1 aromatic carbocycles. The first-order valence-electron chi connectivity index (χ1n) is 5.26. The Bertz CT molecular complexity index is 616. The van der Waals surface area contributed by atoms with Gasteiger partial charge in [-0.1, -0.05) is 11.3 Å². The zero-order chi connectivity index (χ0) is 13.1. The van der Waals surface area contributed by atoms with Gasteiger partial charge < -0.3 is 5.32 Å². The molecule has 1 heterocycles. The van der Waals surface area contributed by atoms with E-state index in [4.69, 9.17) is 0 Å². The van der Waals surface area contributed by atoms with E-state index in [2.05, 4.69) is 5.32 Å². The molecule has 1 N–H and O–H groups in total. The Morgan fingerprint density at radius 1 is 1.39 bits per heavy atom. The van der Waals surface area contributed by atoms with Crippen LogP contribution in [0.1, 0.15) is 5.69 Å². The van der Waals surface area contributed by atoms with E-state index < -0.39 is 0 Å². The van der Waals surface area contributed by atoms with E-state index in [1.807, 2.05) is 0 Å². The van der Waals surface area contributed by atoms with Crippen molar-refractivity contribution < 1.29 is 9.18 Å². The molecule has 0 bridgehead atoms. The Balaban J connectivity index is 2.05. The van der Waals surface area contributed by atoms with Crippen LogP contribution in [0, 0.1) is 12.7 Å². The second-order valence-corrected chi connectivity index (χ2v) is 4.60. The fourth-order valence-electron chi connectivity index (χ4n) is 1.47. The van der Waals surface area contributed by atoms with E-state index in [9.17, 15) is 14.0 Å². The van der Waals surface area contributed by atoms with Gasteiger partial charge >= 0.3 is 4.87 Å². The molecule has 0 saturated heterocycles. The minimum atomic E-state index is -0.363. The monoisotopic (exact) mass is 266 g/mol. The number of anilines is 1. The molecular formula is C12H11FN2O2S. The van der Waals surface area contributed by atoms with Gasteiger partial charge in [-0.15, -0.1) is 0 Å². The van der Waals surface area contributed by atoms with E-state index in [-0.39, 0.29) is 23.1 Å². The van der Waals surface area contributed by atoms with Crippen LogP contribution in [0.5, 0.6) is 0 Å². The number of hydrogen-bond acceptors (Lipinski definition) is 3. The highest BCUT2D eigenvalue weighted by Gasteiger charge is 2.08. The summed E-state index contributed by atoms with van der Waals surface area (Å²) in [6.07, 6.45) is 0. The van der Waals surface area contributed by atoms with Gasteiger partial charge in [-0.25, -0.2) is 4.39 Å². The first-order chi connectivity index (χ1) is 8.56. The first-order valence-corrected chi connectivity index (χ1v) is 6.14. The molecule has 94 valence electrons. The lowest BCUT2D eigenvalue weighted by Crippen LogP contribution is -2.25. The lowest BCUT2D eigenvalue weighted by atomic mass is 10.3. The zero-order valence-electron chi connectivity index (χ0n) is 9.64. The Labute approximate surface area is 107 Å². The highest BCUT2D eigenvalue weighted by molar-refractivity contribution is 7.07. The molecule has 1 aromatic heterocycles. The van der Waals surface area contributed by atoms with Crippen molar-refractivity contribution in [1.82, 2.24) is 4.57 Å². The van der Waals surface area contributed by atoms with Crippen molar-refractivity contribution in [3.05, 3.63) is 50.8 Å². The van der Waals surface area contributed by atoms with Gasteiger partial charge in [-0.05, 0) is 31.2 Å². The topological polar surface area (TPSA) is 51.1 Å². The van der Waals surface area contributed by atoms with E-state index >= 15 is 0 Å². The summed E-state index contributed by atoms with van der Waals surface area (Å²) in [4.78, 5) is 23.0. The standard InChI is InChI=1S/C12H11FN2O2S/c1-8-7-18-12(17)15(8)6-11(16)14-10-4-2-9(13)3-5-10/h2-5,7H,6H2,1H3,(H,14,16). The molecule has 0 aliphatic rings. The van der Waals surface area contributed by atoms with Crippen molar-refractivity contribution in [2.75, 3.05) is 5.32 Å². The van der Waals surface area contributed by atoms with Gasteiger partial charge in [0.25, 0.3) is 0 Å². The molecule has 2 aromatic rings. The lowest BCUT2D eigenvalue weighted by molar-refractivity contribution is -0.116. The maximum Gasteiger partial charge on any atom is 0.307 e. The van der Waals surface area contributed by atoms with Crippen LogP contribution in [0.25, 0.3) is 0 Å². The van der Waals surface area contributed by atoms with Crippen LogP contribution in [-0.2, 0) is 11.3 Å². The number of hydrogen-bond donors (Lipinski definition) is 1. The number of aromatic nitrogens is 1. The van der Waals surface area contributed by atoms with Gasteiger partial charge in [-0.3, -0.25) is 14.2 Å². The summed E-state index contributed by atoms with van der Waals surface area (Å²) in [5, 5.41) is 4.30. The largest absolute Gasteiger partial charge is 0.325 e. The Kier molecular flexibility index (Phi) is 3.57. The Hall–Kier alpha value is -1.95. The SMILES string of the molecule is Cc1csc(=O)n1CC(=O)Nc1ccc(F)cc1. The van der Waals surface area contributed by atoms with Crippen LogP contribution >= 0.6 is 11.3 Å². The average Bonchev–Trinajstić information content (AvgIpc) is 2.64. The van der Waals surface area contributed by atoms with Crippen molar-refractivity contribution >= 4 is 22.9 Å². The fourth-order valence-corrected chi connectivity index (χ4v) is 2.21. The average molecular weight is 266 g/mol. The quantitative estimate of drug-likeness (QED) is 0.923. The van der Waals surface area contributed by atoms with E-state index in [1.165, 1.54) is 28.8 Å². The highest BCUT2D eigenvalue weighted by Crippen LogP contribution is 2.08. The normalized spacial score (nSPS) is 10.3. The number of carbonyl (C=O) groups excluding carboxylic acids is 1. The van der Waals surface area contributed by atoms with Gasteiger partial charge in [0.2, 0.25) is 5.91 Å². The third kappa shape index (κ3) is 2.84. The van der Waals surface area contributed by atoms with E-state index in [0.717, 1.165) is 17.0 Å². The molecule has 4 nitrogen and oxygen atoms in total. The fraction of sp³-hybridized carbons (Fsp3) is 0.167. The van der Waals surface area contributed by atoms with Crippen molar-refractivity contribution in [3.63, 3.8) is 0 Å². The van der Waals surface area contributed by atoms with Crippen molar-refractivity contribution in [3.8, 4) is 0 Å². The number of amides is 1. The smallest absolute Gasteiger partial charge is 0.307 e. The molecule has 0 fully saturated rings. The zero-order valence-corrected chi connectivity index (χ0v) is 10.5. The third-order valence-corrected chi connectivity index (χ3v) is 3.29. The van der Waals surface area contributed by atoms with Gasteiger partial charge in [0.05, 0.1) is 0 Å². The summed E-state index contributed by atoms with van der Waals surface area (Å²) >= 11 is 1.06. The molecule has 0 saturated carbocycles. The van der Waals surface area contributed by atoms with Crippen LogP contribution in [0.15, 0.2) is 34.4 Å². The predicted octanol–water partition coefficient (Wildman–Crippen LogP) is 2.00. The number of aryl methyl sites for hydroxylation is 1. The van der Waals surface area contributed by atoms with Crippen molar-refractivity contribution in [2.45, 2.75) is 13.5 Å².